The normalized spacial score (nSPS) is 12.6. The molecule has 0 atom stereocenters. The van der Waals surface area contributed by atoms with Crippen LogP contribution in [0.15, 0.2) is 267 Å². The molecule has 1 aliphatic rings. The lowest BCUT2D eigenvalue weighted by Crippen LogP contribution is -2.28. The van der Waals surface area contributed by atoms with Gasteiger partial charge in [0, 0.05) is 33.4 Å². The Hall–Kier alpha value is -8.72. The van der Waals surface area contributed by atoms with Gasteiger partial charge in [-0.2, -0.15) is 0 Å². The van der Waals surface area contributed by atoms with Crippen molar-refractivity contribution in [1.82, 2.24) is 4.57 Å². The summed E-state index contributed by atoms with van der Waals surface area (Å²) in [6.45, 7) is 0. The highest BCUT2D eigenvalue weighted by atomic mass is 15.1. The summed E-state index contributed by atoms with van der Waals surface area (Å²) in [5.74, 6) is 0. The molecule has 0 bridgehead atoms. The summed E-state index contributed by atoms with van der Waals surface area (Å²) in [5, 5.41) is 4.94. The molecule has 0 unspecified atom stereocenters. The minimum Gasteiger partial charge on any atom is -0.310 e. The first kappa shape index (κ1) is 38.7. The second kappa shape index (κ2) is 15.8. The predicted octanol–water partition coefficient (Wildman–Crippen LogP) is 17.1. The summed E-state index contributed by atoms with van der Waals surface area (Å²) in [7, 11) is 0. The SMILES string of the molecule is c1ccc(-n2c3ccccc3c3cc(-c4ccc(N(c5ccc6c(c5)C(c5ccccc5)(c5ccccc5)c5ccccc5-6)c5ccccc5-c5cccc6ccccc56)cc4)ccc32)cc1. The van der Waals surface area contributed by atoms with E-state index < -0.39 is 5.41 Å². The molecule has 11 aromatic carbocycles. The first-order chi connectivity index (χ1) is 33.3. The first-order valence-electron chi connectivity index (χ1n) is 23.2. The number of fused-ring (bicyclic) bond motifs is 7. The van der Waals surface area contributed by atoms with Gasteiger partial charge in [-0.05, 0) is 122 Å². The van der Waals surface area contributed by atoms with Gasteiger partial charge in [0.1, 0.15) is 0 Å². The van der Waals surface area contributed by atoms with Crippen molar-refractivity contribution in [3.8, 4) is 39.1 Å². The monoisotopic (exact) mass is 852 g/mol. The fourth-order valence-electron chi connectivity index (χ4n) is 11.2. The van der Waals surface area contributed by atoms with Gasteiger partial charge in [-0.3, -0.25) is 0 Å². The fourth-order valence-corrected chi connectivity index (χ4v) is 11.2. The smallest absolute Gasteiger partial charge is 0.0714 e. The van der Waals surface area contributed by atoms with Gasteiger partial charge in [0.05, 0.1) is 22.1 Å². The second-order valence-electron chi connectivity index (χ2n) is 17.6. The lowest BCUT2D eigenvalue weighted by molar-refractivity contribution is 0.768. The van der Waals surface area contributed by atoms with Crippen molar-refractivity contribution in [3.63, 3.8) is 0 Å². The van der Waals surface area contributed by atoms with Crippen LogP contribution in [0.3, 0.4) is 0 Å². The number of hydrogen-bond acceptors (Lipinski definition) is 1. The molecule has 0 N–H and O–H groups in total. The average molecular weight is 853 g/mol. The number of aromatic nitrogens is 1. The van der Waals surface area contributed by atoms with Crippen LogP contribution in [0.1, 0.15) is 22.3 Å². The van der Waals surface area contributed by atoms with Gasteiger partial charge >= 0.3 is 0 Å². The molecule has 2 nitrogen and oxygen atoms in total. The van der Waals surface area contributed by atoms with E-state index in [1.54, 1.807) is 0 Å². The molecular weight excluding hydrogens is 809 g/mol. The van der Waals surface area contributed by atoms with E-state index in [4.69, 9.17) is 0 Å². The molecule has 2 heteroatoms. The summed E-state index contributed by atoms with van der Waals surface area (Å²) in [5.41, 5.74) is 18.7. The highest BCUT2D eigenvalue weighted by Crippen LogP contribution is 2.57. The zero-order valence-corrected chi connectivity index (χ0v) is 36.8. The van der Waals surface area contributed by atoms with Crippen LogP contribution in [-0.2, 0) is 5.41 Å². The van der Waals surface area contributed by atoms with E-state index in [9.17, 15) is 0 Å². The van der Waals surface area contributed by atoms with Crippen LogP contribution in [0.25, 0.3) is 71.6 Å². The maximum absolute atomic E-state index is 2.47. The standard InChI is InChI=1S/C65H44N2/c1-4-21-48(22-5-1)65(49-23-6-2-7-24-49)60-32-15-12-28-55(60)56-41-40-52(44-61(56)65)66(62-33-16-13-29-57(62)54-31-18-20-46-19-10-11-27-53(46)54)51-38-35-45(36-39-51)47-37-42-64-59(43-47)58-30-14-17-34-63(58)67(64)50-25-8-3-9-26-50/h1-44H. The highest BCUT2D eigenvalue weighted by molar-refractivity contribution is 6.10. The number of nitrogens with zero attached hydrogens (tertiary/aromatic N) is 2. The van der Waals surface area contributed by atoms with Gasteiger partial charge in [-0.25, -0.2) is 0 Å². The fraction of sp³-hybridized carbons (Fsp3) is 0.0154. The van der Waals surface area contributed by atoms with Gasteiger partial charge in [0.2, 0.25) is 0 Å². The Labute approximate surface area is 390 Å². The van der Waals surface area contributed by atoms with Crippen LogP contribution in [-0.4, -0.2) is 4.57 Å². The molecule has 0 fully saturated rings. The first-order valence-corrected chi connectivity index (χ1v) is 23.2. The molecule has 0 saturated heterocycles. The Balaban J connectivity index is 1.01. The third-order valence-electron chi connectivity index (χ3n) is 14.1. The third-order valence-corrected chi connectivity index (χ3v) is 14.1. The molecule has 0 aliphatic heterocycles. The molecular formula is C65H44N2. The summed E-state index contributed by atoms with van der Waals surface area (Å²) in [6.07, 6.45) is 0. The molecule has 1 heterocycles. The molecule has 13 rings (SSSR count). The van der Waals surface area contributed by atoms with E-state index in [-0.39, 0.29) is 0 Å². The molecule has 0 spiro atoms. The van der Waals surface area contributed by atoms with Crippen molar-refractivity contribution in [2.24, 2.45) is 0 Å². The van der Waals surface area contributed by atoms with Crippen LogP contribution in [0, 0.1) is 0 Å². The molecule has 1 aromatic heterocycles. The third kappa shape index (κ3) is 6.11. The van der Waals surface area contributed by atoms with E-state index in [0.29, 0.717) is 0 Å². The number of benzene rings is 11. The summed E-state index contributed by atoms with van der Waals surface area (Å²) < 4.78 is 2.38. The Morgan fingerprint density at radius 3 is 1.64 bits per heavy atom. The number of hydrogen-bond donors (Lipinski definition) is 0. The zero-order valence-electron chi connectivity index (χ0n) is 36.8. The lowest BCUT2D eigenvalue weighted by atomic mass is 9.67. The zero-order chi connectivity index (χ0) is 44.3. The van der Waals surface area contributed by atoms with Crippen LogP contribution in [0.5, 0.6) is 0 Å². The Kier molecular flexibility index (Phi) is 9.11. The van der Waals surface area contributed by atoms with Gasteiger partial charge in [0.15, 0.2) is 0 Å². The maximum Gasteiger partial charge on any atom is 0.0714 e. The topological polar surface area (TPSA) is 8.17 Å². The molecule has 314 valence electrons. The van der Waals surface area contributed by atoms with Crippen LogP contribution >= 0.6 is 0 Å². The van der Waals surface area contributed by atoms with Gasteiger partial charge in [0.25, 0.3) is 0 Å². The van der Waals surface area contributed by atoms with Crippen LogP contribution in [0.2, 0.25) is 0 Å². The van der Waals surface area contributed by atoms with Crippen LogP contribution < -0.4 is 4.90 Å². The Morgan fingerprint density at radius 1 is 0.313 bits per heavy atom. The van der Waals surface area contributed by atoms with Crippen molar-refractivity contribution < 1.29 is 0 Å². The van der Waals surface area contributed by atoms with E-state index in [1.807, 2.05) is 0 Å². The quantitative estimate of drug-likeness (QED) is 0.148. The van der Waals surface area contributed by atoms with E-state index in [2.05, 4.69) is 276 Å². The lowest BCUT2D eigenvalue weighted by Gasteiger charge is -2.35. The molecule has 67 heavy (non-hydrogen) atoms. The Morgan fingerprint density at radius 2 is 0.866 bits per heavy atom. The van der Waals surface area contributed by atoms with E-state index in [1.165, 1.54) is 88.2 Å². The van der Waals surface area contributed by atoms with Gasteiger partial charge in [-0.1, -0.05) is 206 Å². The minimum absolute atomic E-state index is 0.530. The number of rotatable bonds is 8. The summed E-state index contributed by atoms with van der Waals surface area (Å²) in [6, 6.07) is 98.1. The van der Waals surface area contributed by atoms with E-state index >= 15 is 0 Å². The molecule has 1 aliphatic carbocycles. The predicted molar refractivity (Wildman–Crippen MR) is 281 cm³/mol. The number of anilines is 3. The molecule has 0 amide bonds. The molecule has 0 radical (unpaired) electrons. The second-order valence-corrected chi connectivity index (χ2v) is 17.6. The maximum atomic E-state index is 2.47. The molecule has 12 aromatic rings. The minimum atomic E-state index is -0.530. The van der Waals surface area contributed by atoms with Gasteiger partial charge in [-0.15, -0.1) is 0 Å². The Bertz CT molecular complexity index is 3750. The van der Waals surface area contributed by atoms with Crippen molar-refractivity contribution in [1.29, 1.82) is 0 Å². The summed E-state index contributed by atoms with van der Waals surface area (Å²) >= 11 is 0. The van der Waals surface area contributed by atoms with E-state index in [0.717, 1.165) is 22.7 Å². The molecule has 0 saturated carbocycles. The summed E-state index contributed by atoms with van der Waals surface area (Å²) in [4.78, 5) is 2.47. The average Bonchev–Trinajstić information content (AvgIpc) is 3.90. The van der Waals surface area contributed by atoms with Crippen molar-refractivity contribution >= 4 is 49.6 Å². The van der Waals surface area contributed by atoms with Crippen LogP contribution in [0.4, 0.5) is 17.1 Å². The van der Waals surface area contributed by atoms with Crippen molar-refractivity contribution in [2.45, 2.75) is 5.41 Å². The van der Waals surface area contributed by atoms with Crippen molar-refractivity contribution in [2.75, 3.05) is 4.90 Å². The largest absolute Gasteiger partial charge is 0.310 e. The number of para-hydroxylation sites is 3. The highest BCUT2D eigenvalue weighted by Gasteiger charge is 2.46. The van der Waals surface area contributed by atoms with Gasteiger partial charge < -0.3 is 9.47 Å². The van der Waals surface area contributed by atoms with Crippen molar-refractivity contribution in [3.05, 3.63) is 289 Å².